The van der Waals surface area contributed by atoms with Gasteiger partial charge in [0.25, 0.3) is 0 Å². The molecule has 1 N–H and O–H groups in total. The first kappa shape index (κ1) is 13.8. The van der Waals surface area contributed by atoms with Gasteiger partial charge in [-0.15, -0.1) is 11.3 Å². The van der Waals surface area contributed by atoms with Crippen LogP contribution in [0.25, 0.3) is 0 Å². The third-order valence-electron chi connectivity index (χ3n) is 3.68. The van der Waals surface area contributed by atoms with Crippen LogP contribution in [0.3, 0.4) is 0 Å². The minimum absolute atomic E-state index is 0.606. The first-order chi connectivity index (χ1) is 8.31. The molecule has 1 unspecified atom stereocenters. The van der Waals surface area contributed by atoms with Crippen LogP contribution >= 0.6 is 33.9 Å². The normalized spacial score (nSPS) is 19.4. The molecule has 1 aliphatic rings. The Morgan fingerprint density at radius 2 is 2.18 bits per heavy atom. The predicted octanol–water partition coefficient (Wildman–Crippen LogP) is 4.97. The largest absolute Gasteiger partial charge is 0.310 e. The van der Waals surface area contributed by atoms with E-state index >= 15 is 0 Å². The molecule has 1 nitrogen and oxygen atoms in total. The van der Waals surface area contributed by atoms with Gasteiger partial charge in [0.15, 0.2) is 0 Å². The molecule has 2 rings (SSSR count). The topological polar surface area (TPSA) is 12.0 Å². The van der Waals surface area contributed by atoms with Crippen molar-refractivity contribution in [1.29, 1.82) is 0 Å². The molecule has 1 atom stereocenters. The van der Waals surface area contributed by atoms with E-state index < -0.39 is 0 Å². The van der Waals surface area contributed by atoms with Gasteiger partial charge in [-0.1, -0.05) is 26.2 Å². The van der Waals surface area contributed by atoms with Crippen LogP contribution in [-0.2, 0) is 0 Å². The van der Waals surface area contributed by atoms with Gasteiger partial charge < -0.3 is 5.32 Å². The summed E-state index contributed by atoms with van der Waals surface area (Å²) in [4.78, 5) is 0. The van der Waals surface area contributed by atoms with E-state index in [2.05, 4.69) is 46.3 Å². The molecular formula is C14H22INS. The Labute approximate surface area is 123 Å². The highest BCUT2D eigenvalue weighted by Crippen LogP contribution is 2.36. The van der Waals surface area contributed by atoms with E-state index in [4.69, 9.17) is 0 Å². The van der Waals surface area contributed by atoms with Crippen molar-refractivity contribution in [3.05, 3.63) is 19.9 Å². The van der Waals surface area contributed by atoms with Gasteiger partial charge in [-0.2, -0.15) is 0 Å². The van der Waals surface area contributed by atoms with Gasteiger partial charge in [0.1, 0.15) is 0 Å². The highest BCUT2D eigenvalue weighted by Gasteiger charge is 2.25. The van der Waals surface area contributed by atoms with Gasteiger partial charge in [0, 0.05) is 6.04 Å². The lowest BCUT2D eigenvalue weighted by Gasteiger charge is -2.30. The average molecular weight is 363 g/mol. The van der Waals surface area contributed by atoms with E-state index in [9.17, 15) is 0 Å². The monoisotopic (exact) mass is 363 g/mol. The van der Waals surface area contributed by atoms with E-state index in [0.29, 0.717) is 6.04 Å². The fraction of sp³-hybridized carbons (Fsp3) is 0.714. The summed E-state index contributed by atoms with van der Waals surface area (Å²) >= 11 is 4.31. The summed E-state index contributed by atoms with van der Waals surface area (Å²) < 4.78 is 1.41. The van der Waals surface area contributed by atoms with E-state index in [1.165, 1.54) is 47.0 Å². The predicted molar refractivity (Wildman–Crippen MR) is 84.6 cm³/mol. The van der Waals surface area contributed by atoms with E-state index in [-0.39, 0.29) is 0 Å². The summed E-state index contributed by atoms with van der Waals surface area (Å²) in [5.74, 6) is 0.862. The Morgan fingerprint density at radius 1 is 1.41 bits per heavy atom. The van der Waals surface area contributed by atoms with Crippen LogP contribution < -0.4 is 5.32 Å². The maximum absolute atomic E-state index is 3.77. The first-order valence-electron chi connectivity index (χ1n) is 6.78. The molecular weight excluding hydrogens is 341 g/mol. The van der Waals surface area contributed by atoms with Gasteiger partial charge in [0.05, 0.1) is 2.88 Å². The molecule has 1 aromatic rings. The first-order valence-corrected chi connectivity index (χ1v) is 8.74. The molecule has 3 heteroatoms. The van der Waals surface area contributed by atoms with Crippen LogP contribution in [0.15, 0.2) is 11.4 Å². The molecule has 0 amide bonds. The molecule has 1 aromatic heterocycles. The minimum Gasteiger partial charge on any atom is -0.310 e. The van der Waals surface area contributed by atoms with Crippen LogP contribution in [0.2, 0.25) is 0 Å². The Bertz CT molecular complexity index is 331. The smallest absolute Gasteiger partial charge is 0.0656 e. The number of halogens is 1. The maximum atomic E-state index is 3.77. The van der Waals surface area contributed by atoms with E-state index in [1.54, 1.807) is 0 Å². The van der Waals surface area contributed by atoms with Gasteiger partial charge in [0.2, 0.25) is 0 Å². The second-order valence-electron chi connectivity index (χ2n) is 5.01. The molecule has 0 spiro atoms. The van der Waals surface area contributed by atoms with Crippen molar-refractivity contribution in [2.45, 2.75) is 51.5 Å². The van der Waals surface area contributed by atoms with Crippen molar-refractivity contribution in [2.24, 2.45) is 5.92 Å². The molecule has 96 valence electrons. The number of rotatable bonds is 5. The average Bonchev–Trinajstić information content (AvgIpc) is 2.78. The molecule has 0 aromatic carbocycles. The van der Waals surface area contributed by atoms with Crippen molar-refractivity contribution in [3.8, 4) is 0 Å². The minimum atomic E-state index is 0.606. The lowest BCUT2D eigenvalue weighted by Crippen LogP contribution is -2.30. The number of nitrogens with one attached hydrogen (secondary N) is 1. The van der Waals surface area contributed by atoms with Crippen molar-refractivity contribution < 1.29 is 0 Å². The van der Waals surface area contributed by atoms with Gasteiger partial charge in [-0.3, -0.25) is 0 Å². The maximum Gasteiger partial charge on any atom is 0.0656 e. The highest BCUT2D eigenvalue weighted by atomic mass is 127. The summed E-state index contributed by atoms with van der Waals surface area (Å²) in [7, 11) is 0. The molecule has 17 heavy (non-hydrogen) atoms. The second-order valence-corrected chi connectivity index (χ2v) is 7.82. The highest BCUT2D eigenvalue weighted by molar-refractivity contribution is 14.1. The lowest BCUT2D eigenvalue weighted by atomic mass is 9.82. The molecule has 0 radical (unpaired) electrons. The lowest BCUT2D eigenvalue weighted by molar-refractivity contribution is 0.272. The molecule has 1 aliphatic carbocycles. The quantitative estimate of drug-likeness (QED) is 0.728. The molecule has 0 aliphatic heterocycles. The summed E-state index contributed by atoms with van der Waals surface area (Å²) in [5, 5.41) is 6.12. The second kappa shape index (κ2) is 7.10. The molecule has 1 fully saturated rings. The van der Waals surface area contributed by atoms with Gasteiger partial charge in [-0.05, 0) is 71.3 Å². The van der Waals surface area contributed by atoms with Crippen molar-refractivity contribution in [3.63, 3.8) is 0 Å². The van der Waals surface area contributed by atoms with E-state index in [0.717, 1.165) is 12.5 Å². The molecule has 1 saturated carbocycles. The zero-order chi connectivity index (χ0) is 12.1. The molecule has 0 bridgehead atoms. The fourth-order valence-electron chi connectivity index (χ4n) is 2.81. The summed E-state index contributed by atoms with van der Waals surface area (Å²) in [6, 6.07) is 2.97. The van der Waals surface area contributed by atoms with Gasteiger partial charge >= 0.3 is 0 Å². The van der Waals surface area contributed by atoms with Crippen molar-refractivity contribution >= 4 is 33.9 Å². The molecule has 1 heterocycles. The fourth-order valence-corrected chi connectivity index (χ4v) is 4.22. The summed E-state index contributed by atoms with van der Waals surface area (Å²) in [5.41, 5.74) is 1.53. The van der Waals surface area contributed by atoms with Crippen LogP contribution in [-0.4, -0.2) is 6.54 Å². The van der Waals surface area contributed by atoms with E-state index in [1.807, 2.05) is 11.3 Å². The number of hydrogen-bond acceptors (Lipinski definition) is 2. The third-order valence-corrected chi connectivity index (χ3v) is 5.49. The zero-order valence-corrected chi connectivity index (χ0v) is 13.5. The summed E-state index contributed by atoms with van der Waals surface area (Å²) in [6.07, 6.45) is 8.34. The number of hydrogen-bond donors (Lipinski definition) is 1. The van der Waals surface area contributed by atoms with Crippen LogP contribution in [0, 0.1) is 8.80 Å². The zero-order valence-electron chi connectivity index (χ0n) is 10.5. The standard InChI is InChI=1S/C14H22INS/c1-2-8-16-14(11-6-4-3-5-7-11)12-9-13(15)17-10-12/h9-11,14,16H,2-8H2,1H3. The Morgan fingerprint density at radius 3 is 2.76 bits per heavy atom. The Kier molecular flexibility index (Phi) is 5.77. The SMILES string of the molecule is CCCNC(c1csc(I)c1)C1CCCCC1. The van der Waals surface area contributed by atoms with Crippen LogP contribution in [0.4, 0.5) is 0 Å². The Balaban J connectivity index is 2.06. The Hall–Kier alpha value is 0.390. The van der Waals surface area contributed by atoms with Crippen LogP contribution in [0.5, 0.6) is 0 Å². The van der Waals surface area contributed by atoms with Gasteiger partial charge in [-0.25, -0.2) is 0 Å². The van der Waals surface area contributed by atoms with Crippen molar-refractivity contribution in [2.75, 3.05) is 6.54 Å². The van der Waals surface area contributed by atoms with Crippen LogP contribution in [0.1, 0.15) is 57.1 Å². The number of thiophene rings is 1. The summed E-state index contributed by atoms with van der Waals surface area (Å²) in [6.45, 7) is 3.40. The third kappa shape index (κ3) is 3.93. The molecule has 0 saturated heterocycles. The van der Waals surface area contributed by atoms with Crippen molar-refractivity contribution in [1.82, 2.24) is 5.32 Å².